The molecule has 1 N–H and O–H groups in total. The number of fused-ring (bicyclic) bond motifs is 1. The number of hydrogen-bond donors (Lipinski definition) is 1. The molecule has 114 valence electrons. The summed E-state index contributed by atoms with van der Waals surface area (Å²) in [5.74, 6) is 0. The summed E-state index contributed by atoms with van der Waals surface area (Å²) in [6.07, 6.45) is 2.83. The van der Waals surface area contributed by atoms with E-state index in [1.54, 1.807) is 0 Å². The summed E-state index contributed by atoms with van der Waals surface area (Å²) in [5, 5.41) is 4.73. The van der Waals surface area contributed by atoms with E-state index in [1.165, 1.54) is 39.9 Å². The summed E-state index contributed by atoms with van der Waals surface area (Å²) in [6.45, 7) is 4.24. The molecule has 0 bridgehead atoms. The van der Waals surface area contributed by atoms with Crippen LogP contribution in [0.5, 0.6) is 0 Å². The molecule has 0 aliphatic carbocycles. The summed E-state index contributed by atoms with van der Waals surface area (Å²) in [4.78, 5) is 4.02. The van der Waals surface area contributed by atoms with Gasteiger partial charge in [-0.05, 0) is 43.5 Å². The third-order valence-corrected chi connectivity index (χ3v) is 5.51. The molecular formula is C17H24N2OS. The Hall–Kier alpha value is -0.940. The first kappa shape index (κ1) is 15.0. The molecule has 1 fully saturated rings. The molecule has 0 amide bonds. The first-order valence-electron chi connectivity index (χ1n) is 7.71. The van der Waals surface area contributed by atoms with Gasteiger partial charge in [-0.3, -0.25) is 4.90 Å². The number of thiophene rings is 1. The highest BCUT2D eigenvalue weighted by molar-refractivity contribution is 7.19. The molecule has 1 aromatic carbocycles. The van der Waals surface area contributed by atoms with Gasteiger partial charge in [-0.2, -0.15) is 0 Å². The van der Waals surface area contributed by atoms with Crippen LogP contribution < -0.4 is 5.32 Å². The fourth-order valence-corrected chi connectivity index (χ4v) is 4.43. The highest BCUT2D eigenvalue weighted by atomic mass is 32.1. The molecule has 1 aliphatic heterocycles. The first-order chi connectivity index (χ1) is 10.3. The lowest BCUT2D eigenvalue weighted by molar-refractivity contribution is 0.0286. The average molecular weight is 304 g/mol. The summed E-state index contributed by atoms with van der Waals surface area (Å²) < 4.78 is 6.96. The van der Waals surface area contributed by atoms with Gasteiger partial charge in [0.2, 0.25) is 0 Å². The minimum absolute atomic E-state index is 0.399. The SMILES string of the molecule is CNCc1sc2ccccc2c1CN1CCCC(OC)C1. The monoisotopic (exact) mass is 304 g/mol. The van der Waals surface area contributed by atoms with E-state index < -0.39 is 0 Å². The fraction of sp³-hybridized carbons (Fsp3) is 0.529. The number of likely N-dealkylation sites (tertiary alicyclic amines) is 1. The Morgan fingerprint density at radius 2 is 2.24 bits per heavy atom. The summed E-state index contributed by atoms with van der Waals surface area (Å²) >= 11 is 1.92. The third kappa shape index (κ3) is 3.29. The average Bonchev–Trinajstić information content (AvgIpc) is 2.86. The van der Waals surface area contributed by atoms with Crippen molar-refractivity contribution in [2.24, 2.45) is 0 Å². The van der Waals surface area contributed by atoms with Crippen molar-refractivity contribution < 1.29 is 4.74 Å². The molecule has 1 atom stereocenters. The van der Waals surface area contributed by atoms with Crippen molar-refractivity contribution in [2.75, 3.05) is 27.2 Å². The highest BCUT2D eigenvalue weighted by Crippen LogP contribution is 2.32. The maximum Gasteiger partial charge on any atom is 0.0698 e. The number of benzene rings is 1. The zero-order valence-electron chi connectivity index (χ0n) is 12.9. The Morgan fingerprint density at radius 1 is 1.38 bits per heavy atom. The van der Waals surface area contributed by atoms with Gasteiger partial charge < -0.3 is 10.1 Å². The second kappa shape index (κ2) is 6.88. The second-order valence-electron chi connectivity index (χ2n) is 5.77. The number of nitrogens with one attached hydrogen (secondary N) is 1. The zero-order chi connectivity index (χ0) is 14.7. The Morgan fingerprint density at radius 3 is 3.05 bits per heavy atom. The molecule has 1 aliphatic rings. The van der Waals surface area contributed by atoms with Gasteiger partial charge >= 0.3 is 0 Å². The van der Waals surface area contributed by atoms with Gasteiger partial charge in [0.25, 0.3) is 0 Å². The van der Waals surface area contributed by atoms with E-state index in [0.717, 1.165) is 19.6 Å². The van der Waals surface area contributed by atoms with E-state index >= 15 is 0 Å². The van der Waals surface area contributed by atoms with Crippen molar-refractivity contribution in [1.29, 1.82) is 0 Å². The number of piperidine rings is 1. The molecule has 1 unspecified atom stereocenters. The molecule has 3 nitrogen and oxygen atoms in total. The van der Waals surface area contributed by atoms with Gasteiger partial charge in [-0.15, -0.1) is 11.3 Å². The van der Waals surface area contributed by atoms with Crippen LogP contribution in [0.2, 0.25) is 0 Å². The molecular weight excluding hydrogens is 280 g/mol. The van der Waals surface area contributed by atoms with E-state index in [0.29, 0.717) is 6.10 Å². The van der Waals surface area contributed by atoms with Crippen molar-refractivity contribution >= 4 is 21.4 Å². The summed E-state index contributed by atoms with van der Waals surface area (Å²) in [7, 11) is 3.86. The molecule has 21 heavy (non-hydrogen) atoms. The second-order valence-corrected chi connectivity index (χ2v) is 6.90. The molecule has 0 spiro atoms. The molecule has 2 aromatic rings. The Bertz CT molecular complexity index is 595. The van der Waals surface area contributed by atoms with Gasteiger partial charge in [0.1, 0.15) is 0 Å². The van der Waals surface area contributed by atoms with E-state index in [1.807, 2.05) is 25.5 Å². The van der Waals surface area contributed by atoms with Crippen LogP contribution in [0.25, 0.3) is 10.1 Å². The molecule has 2 heterocycles. The standard InChI is InChI=1S/C17H24N2OS/c1-18-10-17-15(14-7-3-4-8-16(14)21-17)12-19-9-5-6-13(11-19)20-2/h3-4,7-8,13,18H,5-6,9-12H2,1-2H3. The van der Waals surface area contributed by atoms with Crippen LogP contribution in [-0.4, -0.2) is 38.3 Å². The van der Waals surface area contributed by atoms with Gasteiger partial charge in [-0.1, -0.05) is 18.2 Å². The smallest absolute Gasteiger partial charge is 0.0698 e. The van der Waals surface area contributed by atoms with Crippen LogP contribution in [0.15, 0.2) is 24.3 Å². The van der Waals surface area contributed by atoms with Gasteiger partial charge in [0.15, 0.2) is 0 Å². The van der Waals surface area contributed by atoms with E-state index in [9.17, 15) is 0 Å². The van der Waals surface area contributed by atoms with Crippen molar-refractivity contribution in [3.63, 3.8) is 0 Å². The predicted molar refractivity (Wildman–Crippen MR) is 89.9 cm³/mol. The highest BCUT2D eigenvalue weighted by Gasteiger charge is 2.21. The van der Waals surface area contributed by atoms with Crippen LogP contribution >= 0.6 is 11.3 Å². The summed E-state index contributed by atoms with van der Waals surface area (Å²) in [6, 6.07) is 8.78. The Balaban J connectivity index is 1.86. The van der Waals surface area contributed by atoms with Crippen molar-refractivity contribution in [2.45, 2.75) is 32.0 Å². The lowest BCUT2D eigenvalue weighted by Crippen LogP contribution is -2.38. The van der Waals surface area contributed by atoms with Crippen molar-refractivity contribution in [1.82, 2.24) is 10.2 Å². The number of methoxy groups -OCH3 is 1. The largest absolute Gasteiger partial charge is 0.380 e. The first-order valence-corrected chi connectivity index (χ1v) is 8.52. The Kier molecular flexibility index (Phi) is 4.91. The van der Waals surface area contributed by atoms with Crippen LogP contribution in [0, 0.1) is 0 Å². The topological polar surface area (TPSA) is 24.5 Å². The minimum Gasteiger partial charge on any atom is -0.380 e. The molecule has 1 aromatic heterocycles. The van der Waals surface area contributed by atoms with Crippen LogP contribution in [0.1, 0.15) is 23.3 Å². The maximum atomic E-state index is 5.55. The number of ether oxygens (including phenoxy) is 1. The van der Waals surface area contributed by atoms with E-state index in [-0.39, 0.29) is 0 Å². The number of rotatable bonds is 5. The van der Waals surface area contributed by atoms with Crippen LogP contribution in [0.3, 0.4) is 0 Å². The van der Waals surface area contributed by atoms with E-state index in [2.05, 4.69) is 34.5 Å². The molecule has 1 saturated heterocycles. The zero-order valence-corrected chi connectivity index (χ0v) is 13.7. The maximum absolute atomic E-state index is 5.55. The van der Waals surface area contributed by atoms with Crippen molar-refractivity contribution in [3.8, 4) is 0 Å². The van der Waals surface area contributed by atoms with E-state index in [4.69, 9.17) is 4.74 Å². The Labute approximate surface area is 130 Å². The molecule has 4 heteroatoms. The molecule has 0 radical (unpaired) electrons. The lowest BCUT2D eigenvalue weighted by Gasteiger charge is -2.32. The normalized spacial score (nSPS) is 20.2. The van der Waals surface area contributed by atoms with Crippen LogP contribution in [-0.2, 0) is 17.8 Å². The van der Waals surface area contributed by atoms with Crippen LogP contribution in [0.4, 0.5) is 0 Å². The van der Waals surface area contributed by atoms with Gasteiger partial charge in [0.05, 0.1) is 6.10 Å². The number of hydrogen-bond acceptors (Lipinski definition) is 4. The third-order valence-electron chi connectivity index (χ3n) is 4.30. The lowest BCUT2D eigenvalue weighted by atomic mass is 10.1. The number of nitrogens with zero attached hydrogens (tertiary/aromatic N) is 1. The summed E-state index contributed by atoms with van der Waals surface area (Å²) in [5.41, 5.74) is 1.50. The quantitative estimate of drug-likeness (QED) is 0.918. The molecule has 0 saturated carbocycles. The predicted octanol–water partition coefficient (Wildman–Crippen LogP) is 3.23. The van der Waals surface area contributed by atoms with Gasteiger partial charge in [0, 0.05) is 36.3 Å². The van der Waals surface area contributed by atoms with Crippen molar-refractivity contribution in [3.05, 3.63) is 34.7 Å². The fourth-order valence-electron chi connectivity index (χ4n) is 3.20. The van der Waals surface area contributed by atoms with Gasteiger partial charge in [-0.25, -0.2) is 0 Å². The molecule has 3 rings (SSSR count). The minimum atomic E-state index is 0.399.